The van der Waals surface area contributed by atoms with Gasteiger partial charge in [-0.1, -0.05) is 0 Å². The molecule has 0 N–H and O–H groups in total. The lowest BCUT2D eigenvalue weighted by Gasteiger charge is -2.16. The number of carbonyl (C=O) groups is 2. The lowest BCUT2D eigenvalue weighted by Crippen LogP contribution is -2.29. The van der Waals surface area contributed by atoms with Crippen LogP contribution in [-0.2, 0) is 19.1 Å². The molecule has 0 spiro atoms. The molecule has 2 aliphatic heterocycles. The standard InChI is InChI=1S/C11H13NO4/c1-15-11(14)10-8(13)5-7(6-12-10)9-3-2-4-16-9/h6,9H,2-5H2,1H3. The van der Waals surface area contributed by atoms with Crippen LogP contribution in [0.25, 0.3) is 0 Å². The van der Waals surface area contributed by atoms with Gasteiger partial charge in [-0.25, -0.2) is 9.79 Å². The first kappa shape index (κ1) is 11.0. The second-order valence-electron chi connectivity index (χ2n) is 3.77. The minimum absolute atomic E-state index is 0.00750. The van der Waals surface area contributed by atoms with Crippen LogP contribution < -0.4 is 0 Å². The molecule has 0 radical (unpaired) electrons. The highest BCUT2D eigenvalue weighted by molar-refractivity contribution is 6.65. The van der Waals surface area contributed by atoms with Crippen LogP contribution in [0.15, 0.2) is 16.8 Å². The maximum absolute atomic E-state index is 11.6. The Hall–Kier alpha value is -1.49. The van der Waals surface area contributed by atoms with Crippen molar-refractivity contribution in [2.24, 2.45) is 4.99 Å². The first-order chi connectivity index (χ1) is 7.72. The SMILES string of the molecule is COC(=O)C1=NC=C(C2CCCO2)CC1=O. The fourth-order valence-electron chi connectivity index (χ4n) is 1.86. The Bertz CT molecular complexity index is 377. The molecule has 0 amide bonds. The van der Waals surface area contributed by atoms with Crippen molar-refractivity contribution in [3.8, 4) is 0 Å². The quantitative estimate of drug-likeness (QED) is 0.644. The first-order valence-corrected chi connectivity index (χ1v) is 5.22. The number of hydrogen-bond donors (Lipinski definition) is 0. The molecule has 1 unspecified atom stereocenters. The van der Waals surface area contributed by atoms with Gasteiger partial charge in [-0.2, -0.15) is 0 Å². The summed E-state index contributed by atoms with van der Waals surface area (Å²) in [7, 11) is 1.23. The Balaban J connectivity index is 2.15. The van der Waals surface area contributed by atoms with Gasteiger partial charge in [-0.15, -0.1) is 0 Å². The molecule has 2 aliphatic rings. The average Bonchev–Trinajstić information content (AvgIpc) is 2.81. The predicted octanol–water partition coefficient (Wildman–Crippen LogP) is 0.636. The number of ketones is 1. The Morgan fingerprint density at radius 3 is 3.00 bits per heavy atom. The van der Waals surface area contributed by atoms with Crippen LogP contribution in [0.3, 0.4) is 0 Å². The minimum Gasteiger partial charge on any atom is -0.464 e. The van der Waals surface area contributed by atoms with E-state index in [0.29, 0.717) is 0 Å². The summed E-state index contributed by atoms with van der Waals surface area (Å²) in [5.74, 6) is -0.965. The number of rotatable bonds is 2. The molecule has 0 aromatic heterocycles. The molecule has 1 atom stereocenters. The van der Waals surface area contributed by atoms with Gasteiger partial charge in [0.1, 0.15) is 0 Å². The third-order valence-electron chi connectivity index (χ3n) is 2.71. The third kappa shape index (κ3) is 2.04. The van der Waals surface area contributed by atoms with E-state index < -0.39 is 5.97 Å². The van der Waals surface area contributed by atoms with E-state index in [4.69, 9.17) is 4.74 Å². The summed E-state index contributed by atoms with van der Waals surface area (Å²) >= 11 is 0. The number of aliphatic imine (C=N–C) groups is 1. The van der Waals surface area contributed by atoms with Gasteiger partial charge in [-0.3, -0.25) is 4.79 Å². The van der Waals surface area contributed by atoms with E-state index >= 15 is 0 Å². The van der Waals surface area contributed by atoms with Crippen molar-refractivity contribution < 1.29 is 19.1 Å². The van der Waals surface area contributed by atoms with Gasteiger partial charge >= 0.3 is 5.97 Å². The summed E-state index contributed by atoms with van der Waals surface area (Å²) in [5.41, 5.74) is 0.736. The second kappa shape index (κ2) is 4.57. The minimum atomic E-state index is -0.673. The van der Waals surface area contributed by atoms with E-state index in [9.17, 15) is 9.59 Å². The van der Waals surface area contributed by atoms with Gasteiger partial charge in [0.05, 0.1) is 13.2 Å². The highest BCUT2D eigenvalue weighted by atomic mass is 16.5. The van der Waals surface area contributed by atoms with Gasteiger partial charge in [-0.05, 0) is 18.4 Å². The molecule has 0 aromatic rings. The monoisotopic (exact) mass is 223 g/mol. The summed E-state index contributed by atoms with van der Waals surface area (Å²) in [4.78, 5) is 26.7. The van der Waals surface area contributed by atoms with Crippen LogP contribution in [0.4, 0.5) is 0 Å². The van der Waals surface area contributed by atoms with Crippen LogP contribution in [0, 0.1) is 0 Å². The van der Waals surface area contributed by atoms with Crippen molar-refractivity contribution in [3.63, 3.8) is 0 Å². The Morgan fingerprint density at radius 1 is 1.62 bits per heavy atom. The molecule has 5 nitrogen and oxygen atoms in total. The number of nitrogens with zero attached hydrogens (tertiary/aromatic N) is 1. The molecule has 0 saturated carbocycles. The summed E-state index contributed by atoms with van der Waals surface area (Å²) in [6.07, 6.45) is 3.68. The topological polar surface area (TPSA) is 65.0 Å². The van der Waals surface area contributed by atoms with Crippen molar-refractivity contribution >= 4 is 17.5 Å². The van der Waals surface area contributed by atoms with E-state index in [1.54, 1.807) is 6.20 Å². The maximum Gasteiger partial charge on any atom is 0.360 e. The normalized spacial score (nSPS) is 25.1. The van der Waals surface area contributed by atoms with Gasteiger partial charge in [0.25, 0.3) is 0 Å². The summed E-state index contributed by atoms with van der Waals surface area (Å²) in [6.45, 7) is 0.726. The fourth-order valence-corrected chi connectivity index (χ4v) is 1.86. The molecule has 0 bridgehead atoms. The molecule has 1 fully saturated rings. The second-order valence-corrected chi connectivity index (χ2v) is 3.77. The Kier molecular flexibility index (Phi) is 3.14. The number of ether oxygens (including phenoxy) is 2. The highest BCUT2D eigenvalue weighted by Gasteiger charge is 2.29. The van der Waals surface area contributed by atoms with Crippen LogP contribution in [0.2, 0.25) is 0 Å². The van der Waals surface area contributed by atoms with Crippen LogP contribution in [0.1, 0.15) is 19.3 Å². The van der Waals surface area contributed by atoms with Crippen LogP contribution >= 0.6 is 0 Å². The Morgan fingerprint density at radius 2 is 2.44 bits per heavy atom. The summed E-state index contributed by atoms with van der Waals surface area (Å²) < 4.78 is 9.93. The number of carbonyl (C=O) groups excluding carboxylic acids is 2. The van der Waals surface area contributed by atoms with Gasteiger partial charge in [0, 0.05) is 19.2 Å². The zero-order valence-corrected chi connectivity index (χ0v) is 9.06. The highest BCUT2D eigenvalue weighted by Crippen LogP contribution is 2.24. The van der Waals surface area contributed by atoms with E-state index in [1.807, 2.05) is 0 Å². The van der Waals surface area contributed by atoms with Gasteiger partial charge in [0.2, 0.25) is 0 Å². The number of hydrogen-bond acceptors (Lipinski definition) is 5. The van der Waals surface area contributed by atoms with E-state index in [-0.39, 0.29) is 24.0 Å². The molecule has 2 rings (SSSR count). The van der Waals surface area contributed by atoms with Crippen molar-refractivity contribution in [3.05, 3.63) is 11.8 Å². The van der Waals surface area contributed by atoms with Crippen molar-refractivity contribution in [2.45, 2.75) is 25.4 Å². The van der Waals surface area contributed by atoms with Gasteiger partial charge < -0.3 is 9.47 Å². The number of Topliss-reactive ketones (excluding diaryl/α,β-unsaturated/α-hetero) is 1. The molecule has 2 heterocycles. The van der Waals surface area contributed by atoms with Gasteiger partial charge in [0.15, 0.2) is 11.5 Å². The zero-order chi connectivity index (χ0) is 11.5. The summed E-state index contributed by atoms with van der Waals surface area (Å²) in [6, 6.07) is 0. The molecule has 1 saturated heterocycles. The maximum atomic E-state index is 11.6. The lowest BCUT2D eigenvalue weighted by atomic mass is 9.98. The van der Waals surface area contributed by atoms with Crippen LogP contribution in [-0.4, -0.2) is 37.3 Å². The summed E-state index contributed by atoms with van der Waals surface area (Å²) in [5, 5.41) is 0. The van der Waals surface area contributed by atoms with E-state index in [2.05, 4.69) is 9.73 Å². The predicted molar refractivity (Wildman–Crippen MR) is 56.1 cm³/mol. The molecular formula is C11H13NO4. The molecule has 5 heteroatoms. The largest absolute Gasteiger partial charge is 0.464 e. The third-order valence-corrected chi connectivity index (χ3v) is 2.71. The molecular weight excluding hydrogens is 210 g/mol. The van der Waals surface area contributed by atoms with Crippen molar-refractivity contribution in [1.29, 1.82) is 0 Å². The number of esters is 1. The molecule has 0 aliphatic carbocycles. The number of methoxy groups -OCH3 is 1. The van der Waals surface area contributed by atoms with E-state index in [1.165, 1.54) is 7.11 Å². The average molecular weight is 223 g/mol. The molecule has 0 aromatic carbocycles. The van der Waals surface area contributed by atoms with E-state index in [0.717, 1.165) is 25.0 Å². The smallest absolute Gasteiger partial charge is 0.360 e. The molecule has 86 valence electrons. The first-order valence-electron chi connectivity index (χ1n) is 5.22. The van der Waals surface area contributed by atoms with Crippen LogP contribution in [0.5, 0.6) is 0 Å². The Labute approximate surface area is 93.1 Å². The zero-order valence-electron chi connectivity index (χ0n) is 9.06. The fraction of sp³-hybridized carbons (Fsp3) is 0.545. The van der Waals surface area contributed by atoms with Crippen molar-refractivity contribution in [1.82, 2.24) is 0 Å². The molecule has 16 heavy (non-hydrogen) atoms. The lowest BCUT2D eigenvalue weighted by molar-refractivity contribution is -0.133. The van der Waals surface area contributed by atoms with Crippen molar-refractivity contribution in [2.75, 3.05) is 13.7 Å².